The molecule has 0 aromatic carbocycles. The lowest BCUT2D eigenvalue weighted by Gasteiger charge is -1.98. The van der Waals surface area contributed by atoms with Crippen molar-refractivity contribution in [2.24, 2.45) is 0 Å². The molecule has 0 atom stereocenters. The van der Waals surface area contributed by atoms with E-state index in [1.807, 2.05) is 18.2 Å². The number of fused-ring (bicyclic) bond motifs is 1. The molecule has 11 heavy (non-hydrogen) atoms. The third-order valence-corrected chi connectivity index (χ3v) is 1.70. The van der Waals surface area contributed by atoms with Crippen LogP contribution in [0.15, 0.2) is 6.33 Å². The molecule has 0 fully saturated rings. The van der Waals surface area contributed by atoms with Gasteiger partial charge < -0.3 is 0 Å². The van der Waals surface area contributed by atoms with Gasteiger partial charge in [-0.1, -0.05) is 0 Å². The minimum Gasteiger partial charge on any atom is -0.267 e. The highest BCUT2D eigenvalue weighted by Crippen LogP contribution is 2.01. The van der Waals surface area contributed by atoms with Crippen molar-refractivity contribution in [3.05, 3.63) is 17.7 Å². The molecule has 2 aromatic heterocycles. The van der Waals surface area contributed by atoms with Crippen molar-refractivity contribution < 1.29 is 0 Å². The van der Waals surface area contributed by atoms with Gasteiger partial charge in [-0.15, -0.1) is 15.3 Å². The van der Waals surface area contributed by atoms with Crippen molar-refractivity contribution in [1.82, 2.24) is 24.8 Å². The van der Waals surface area contributed by atoms with Crippen LogP contribution < -0.4 is 0 Å². The number of aromatic nitrogens is 5. The first-order valence-corrected chi connectivity index (χ1v) is 3.28. The van der Waals surface area contributed by atoms with Crippen LogP contribution in [0.1, 0.15) is 11.4 Å². The van der Waals surface area contributed by atoms with E-state index in [4.69, 9.17) is 0 Å². The smallest absolute Gasteiger partial charge is 0.267 e. The van der Waals surface area contributed by atoms with Crippen LogP contribution in [0.2, 0.25) is 0 Å². The predicted molar refractivity (Wildman–Crippen MR) is 38.1 cm³/mol. The van der Waals surface area contributed by atoms with E-state index in [1.165, 1.54) is 0 Å². The maximum atomic E-state index is 3.91. The average molecular weight is 149 g/mol. The molecule has 2 aromatic rings. The zero-order chi connectivity index (χ0) is 7.84. The highest BCUT2D eigenvalue weighted by molar-refractivity contribution is 5.26. The lowest BCUT2D eigenvalue weighted by molar-refractivity contribution is 0.887. The molecule has 5 heteroatoms. The number of aryl methyl sites for hydroxylation is 2. The van der Waals surface area contributed by atoms with Crippen LogP contribution in [0.4, 0.5) is 0 Å². The lowest BCUT2D eigenvalue weighted by Crippen LogP contribution is -1.99. The third-order valence-electron chi connectivity index (χ3n) is 1.70. The summed E-state index contributed by atoms with van der Waals surface area (Å²) in [5, 5.41) is 15.2. The number of hydrogen-bond donors (Lipinski definition) is 0. The topological polar surface area (TPSA) is 56.0 Å². The molecule has 0 aliphatic heterocycles. The van der Waals surface area contributed by atoms with Gasteiger partial charge >= 0.3 is 0 Å². The van der Waals surface area contributed by atoms with Gasteiger partial charge in [0.15, 0.2) is 0 Å². The highest BCUT2D eigenvalue weighted by Gasteiger charge is 2.01. The molecule has 0 spiro atoms. The molecule has 0 aliphatic carbocycles. The molecule has 5 nitrogen and oxygen atoms in total. The zero-order valence-corrected chi connectivity index (χ0v) is 6.31. The van der Waals surface area contributed by atoms with E-state index in [-0.39, 0.29) is 0 Å². The summed E-state index contributed by atoms with van der Waals surface area (Å²) in [6.07, 6.45) is 1.63. The largest absolute Gasteiger partial charge is 0.274 e. The Morgan fingerprint density at radius 2 is 2.00 bits per heavy atom. The van der Waals surface area contributed by atoms with Crippen LogP contribution in [0.5, 0.6) is 0 Å². The van der Waals surface area contributed by atoms with Crippen LogP contribution in [0.25, 0.3) is 5.78 Å². The molecule has 0 saturated carbocycles. The standard InChI is InChI=1S/C6H7N5/c1-4-5(2)11-3-7-9-6(11)10-8-4/h3H,1-2H3. The number of rotatable bonds is 0. The number of nitrogens with zero attached hydrogens (tertiary/aromatic N) is 5. The van der Waals surface area contributed by atoms with Crippen LogP contribution in [-0.4, -0.2) is 24.8 Å². The van der Waals surface area contributed by atoms with E-state index < -0.39 is 0 Å². The first kappa shape index (κ1) is 6.21. The summed E-state index contributed by atoms with van der Waals surface area (Å²) in [6.45, 7) is 3.86. The molecular weight excluding hydrogens is 142 g/mol. The summed E-state index contributed by atoms with van der Waals surface area (Å²) < 4.78 is 1.81. The highest BCUT2D eigenvalue weighted by atomic mass is 15.3. The van der Waals surface area contributed by atoms with Crippen molar-refractivity contribution in [3.8, 4) is 0 Å². The van der Waals surface area contributed by atoms with E-state index in [9.17, 15) is 0 Å². The van der Waals surface area contributed by atoms with Gasteiger partial charge in [-0.3, -0.25) is 4.40 Å². The number of hydrogen-bond acceptors (Lipinski definition) is 4. The van der Waals surface area contributed by atoms with Crippen molar-refractivity contribution in [2.45, 2.75) is 13.8 Å². The van der Waals surface area contributed by atoms with Crippen molar-refractivity contribution >= 4 is 5.78 Å². The molecule has 0 amide bonds. The summed E-state index contributed by atoms with van der Waals surface area (Å²) in [6, 6.07) is 0. The van der Waals surface area contributed by atoms with E-state index in [0.717, 1.165) is 11.4 Å². The molecule has 0 bridgehead atoms. The second kappa shape index (κ2) is 1.98. The normalized spacial score (nSPS) is 10.7. The van der Waals surface area contributed by atoms with E-state index in [2.05, 4.69) is 20.4 Å². The molecule has 2 rings (SSSR count). The predicted octanol–water partition coefficient (Wildman–Crippen LogP) is 0.136. The third kappa shape index (κ3) is 0.772. The molecule has 56 valence electrons. The first-order chi connectivity index (χ1) is 5.29. The van der Waals surface area contributed by atoms with Crippen molar-refractivity contribution in [1.29, 1.82) is 0 Å². The molecule has 0 N–H and O–H groups in total. The van der Waals surface area contributed by atoms with Crippen LogP contribution in [-0.2, 0) is 0 Å². The van der Waals surface area contributed by atoms with Gasteiger partial charge in [0.25, 0.3) is 5.78 Å². The lowest BCUT2D eigenvalue weighted by atomic mass is 10.4. The second-order valence-corrected chi connectivity index (χ2v) is 2.37. The van der Waals surface area contributed by atoms with E-state index in [0.29, 0.717) is 5.78 Å². The fraction of sp³-hybridized carbons (Fsp3) is 0.333. The van der Waals surface area contributed by atoms with Crippen LogP contribution >= 0.6 is 0 Å². The average Bonchev–Trinajstić information content (AvgIpc) is 2.45. The van der Waals surface area contributed by atoms with E-state index >= 15 is 0 Å². The minimum atomic E-state index is 0.549. The van der Waals surface area contributed by atoms with Gasteiger partial charge in [-0.05, 0) is 13.8 Å². The van der Waals surface area contributed by atoms with Crippen LogP contribution in [0.3, 0.4) is 0 Å². The maximum absolute atomic E-state index is 3.91. The Hall–Kier alpha value is -1.52. The Labute approximate surface area is 63.1 Å². The van der Waals surface area contributed by atoms with Crippen molar-refractivity contribution in [3.63, 3.8) is 0 Å². The Bertz CT molecular complexity index is 391. The molecule has 2 heterocycles. The van der Waals surface area contributed by atoms with E-state index in [1.54, 1.807) is 6.33 Å². The molecule has 0 radical (unpaired) electrons. The van der Waals surface area contributed by atoms with Gasteiger partial charge in [0.2, 0.25) is 0 Å². The minimum absolute atomic E-state index is 0.549. The summed E-state index contributed by atoms with van der Waals surface area (Å²) in [5.41, 5.74) is 1.93. The molecule has 0 unspecified atom stereocenters. The van der Waals surface area contributed by atoms with Gasteiger partial charge in [0, 0.05) is 5.69 Å². The molecular formula is C6H7N5. The SMILES string of the molecule is Cc1nnc2nncn2c1C. The summed E-state index contributed by atoms with van der Waals surface area (Å²) in [4.78, 5) is 0. The Balaban J connectivity index is 2.93. The van der Waals surface area contributed by atoms with Gasteiger partial charge in [0.1, 0.15) is 6.33 Å². The first-order valence-electron chi connectivity index (χ1n) is 3.28. The zero-order valence-electron chi connectivity index (χ0n) is 6.31. The van der Waals surface area contributed by atoms with Gasteiger partial charge in [-0.2, -0.15) is 5.10 Å². The fourth-order valence-electron chi connectivity index (χ4n) is 0.900. The van der Waals surface area contributed by atoms with Crippen molar-refractivity contribution in [2.75, 3.05) is 0 Å². The van der Waals surface area contributed by atoms with Gasteiger partial charge in [0.05, 0.1) is 5.69 Å². The maximum Gasteiger partial charge on any atom is 0.274 e. The Kier molecular flexibility index (Phi) is 1.12. The summed E-state index contributed by atoms with van der Waals surface area (Å²) in [7, 11) is 0. The molecule has 0 saturated heterocycles. The summed E-state index contributed by atoms with van der Waals surface area (Å²) in [5.74, 6) is 0.549. The summed E-state index contributed by atoms with van der Waals surface area (Å²) >= 11 is 0. The Morgan fingerprint density at radius 3 is 2.82 bits per heavy atom. The van der Waals surface area contributed by atoms with Crippen LogP contribution in [0, 0.1) is 13.8 Å². The Morgan fingerprint density at radius 1 is 1.18 bits per heavy atom. The second-order valence-electron chi connectivity index (χ2n) is 2.37. The quantitative estimate of drug-likeness (QED) is 0.534. The fourth-order valence-corrected chi connectivity index (χ4v) is 0.900. The van der Waals surface area contributed by atoms with Gasteiger partial charge in [-0.25, -0.2) is 0 Å². The monoisotopic (exact) mass is 149 g/mol. The molecule has 0 aliphatic rings.